The van der Waals surface area contributed by atoms with Crippen molar-refractivity contribution in [3.05, 3.63) is 58.6 Å². The van der Waals surface area contributed by atoms with Crippen LogP contribution in [0, 0.1) is 12.7 Å². The minimum absolute atomic E-state index is 0.174. The summed E-state index contributed by atoms with van der Waals surface area (Å²) in [7, 11) is 0. The van der Waals surface area contributed by atoms with Gasteiger partial charge in [0.2, 0.25) is 0 Å². The Hall–Kier alpha value is -1.61. The van der Waals surface area contributed by atoms with Gasteiger partial charge in [-0.05, 0) is 13.0 Å². The standard InChI is InChI=1S/C13H11ClFNO/c1-9-7-16-13(14)6-12(9)17-8-10-4-2-3-5-11(10)15/h2-7H,8H2,1H3. The number of aromatic nitrogens is 1. The second-order valence-electron chi connectivity index (χ2n) is 3.65. The first-order chi connectivity index (χ1) is 8.16. The van der Waals surface area contributed by atoms with Gasteiger partial charge in [0.25, 0.3) is 0 Å². The molecule has 0 atom stereocenters. The molecule has 0 amide bonds. The first-order valence-electron chi connectivity index (χ1n) is 5.15. The molecule has 0 N–H and O–H groups in total. The minimum atomic E-state index is -0.273. The van der Waals surface area contributed by atoms with Gasteiger partial charge in [-0.1, -0.05) is 29.8 Å². The van der Waals surface area contributed by atoms with Gasteiger partial charge in [0.15, 0.2) is 0 Å². The molecular formula is C13H11ClFNO. The molecule has 0 fully saturated rings. The number of rotatable bonds is 3. The summed E-state index contributed by atoms with van der Waals surface area (Å²) in [5.41, 5.74) is 1.38. The number of ether oxygens (including phenoxy) is 1. The predicted octanol–water partition coefficient (Wildman–Crippen LogP) is 3.76. The van der Waals surface area contributed by atoms with Crippen LogP contribution in [0.25, 0.3) is 0 Å². The highest BCUT2D eigenvalue weighted by Crippen LogP contribution is 2.21. The summed E-state index contributed by atoms with van der Waals surface area (Å²) in [4.78, 5) is 3.92. The smallest absolute Gasteiger partial charge is 0.132 e. The highest BCUT2D eigenvalue weighted by atomic mass is 35.5. The summed E-state index contributed by atoms with van der Waals surface area (Å²) in [5.74, 6) is 0.346. The van der Waals surface area contributed by atoms with Crippen molar-refractivity contribution in [3.8, 4) is 5.75 Å². The third-order valence-corrected chi connectivity index (χ3v) is 2.57. The number of nitrogens with zero attached hydrogens (tertiary/aromatic N) is 1. The molecule has 0 bridgehead atoms. The van der Waals surface area contributed by atoms with E-state index in [1.807, 2.05) is 6.92 Å². The van der Waals surface area contributed by atoms with Gasteiger partial charge >= 0.3 is 0 Å². The molecule has 2 nitrogen and oxygen atoms in total. The second-order valence-corrected chi connectivity index (χ2v) is 4.04. The van der Waals surface area contributed by atoms with Crippen molar-refractivity contribution >= 4 is 11.6 Å². The van der Waals surface area contributed by atoms with E-state index in [2.05, 4.69) is 4.98 Å². The molecule has 2 aromatic rings. The van der Waals surface area contributed by atoms with Gasteiger partial charge in [-0.3, -0.25) is 0 Å². The first kappa shape index (κ1) is 11.9. The van der Waals surface area contributed by atoms with Gasteiger partial charge in [0.1, 0.15) is 23.3 Å². The maximum Gasteiger partial charge on any atom is 0.132 e. The molecule has 0 saturated heterocycles. The van der Waals surface area contributed by atoms with Crippen molar-refractivity contribution in [2.75, 3.05) is 0 Å². The summed E-state index contributed by atoms with van der Waals surface area (Å²) in [6.45, 7) is 2.04. The van der Waals surface area contributed by atoms with Crippen LogP contribution in [0.2, 0.25) is 5.15 Å². The zero-order chi connectivity index (χ0) is 12.3. The SMILES string of the molecule is Cc1cnc(Cl)cc1OCc1ccccc1F. The lowest BCUT2D eigenvalue weighted by Gasteiger charge is -2.09. The lowest BCUT2D eigenvalue weighted by atomic mass is 10.2. The lowest BCUT2D eigenvalue weighted by molar-refractivity contribution is 0.297. The van der Waals surface area contributed by atoms with Crippen LogP contribution in [0.3, 0.4) is 0 Å². The Kier molecular flexibility index (Phi) is 3.59. The molecule has 17 heavy (non-hydrogen) atoms. The molecule has 88 valence electrons. The van der Waals surface area contributed by atoms with E-state index in [0.29, 0.717) is 16.5 Å². The van der Waals surface area contributed by atoms with Gasteiger partial charge in [0.05, 0.1) is 0 Å². The molecule has 0 spiro atoms. The maximum atomic E-state index is 13.4. The summed E-state index contributed by atoms with van der Waals surface area (Å²) < 4.78 is 18.9. The Labute approximate surface area is 104 Å². The quantitative estimate of drug-likeness (QED) is 0.775. The van der Waals surface area contributed by atoms with Crippen molar-refractivity contribution in [1.82, 2.24) is 4.98 Å². The molecule has 0 radical (unpaired) electrons. The summed E-state index contributed by atoms with van der Waals surface area (Å²) >= 11 is 5.76. The topological polar surface area (TPSA) is 22.1 Å². The van der Waals surface area contributed by atoms with Crippen LogP contribution >= 0.6 is 11.6 Å². The van der Waals surface area contributed by atoms with Crippen molar-refractivity contribution in [2.45, 2.75) is 13.5 Å². The van der Waals surface area contributed by atoms with Crippen LogP contribution in [0.15, 0.2) is 36.5 Å². The Balaban J connectivity index is 2.12. The number of hydrogen-bond acceptors (Lipinski definition) is 2. The van der Waals surface area contributed by atoms with Crippen LogP contribution in [0.4, 0.5) is 4.39 Å². The molecule has 1 aromatic heterocycles. The minimum Gasteiger partial charge on any atom is -0.488 e. The number of halogens is 2. The normalized spacial score (nSPS) is 10.3. The fourth-order valence-electron chi connectivity index (χ4n) is 1.41. The van der Waals surface area contributed by atoms with Crippen molar-refractivity contribution < 1.29 is 9.13 Å². The van der Waals surface area contributed by atoms with Crippen LogP contribution in [-0.2, 0) is 6.61 Å². The van der Waals surface area contributed by atoms with Crippen molar-refractivity contribution in [1.29, 1.82) is 0 Å². The largest absolute Gasteiger partial charge is 0.488 e. The van der Waals surface area contributed by atoms with Crippen LogP contribution < -0.4 is 4.74 Å². The molecule has 1 heterocycles. The third-order valence-electron chi connectivity index (χ3n) is 2.36. The zero-order valence-electron chi connectivity index (χ0n) is 9.28. The van der Waals surface area contributed by atoms with E-state index in [-0.39, 0.29) is 12.4 Å². The van der Waals surface area contributed by atoms with E-state index in [1.54, 1.807) is 30.5 Å². The molecule has 0 aliphatic rings. The fraction of sp³-hybridized carbons (Fsp3) is 0.154. The highest BCUT2D eigenvalue weighted by molar-refractivity contribution is 6.29. The summed E-state index contributed by atoms with van der Waals surface area (Å²) in [5, 5.41) is 0.360. The Morgan fingerprint density at radius 1 is 1.35 bits per heavy atom. The second kappa shape index (κ2) is 5.15. The summed E-state index contributed by atoms with van der Waals surface area (Å²) in [6.07, 6.45) is 1.62. The van der Waals surface area contributed by atoms with Gasteiger partial charge in [-0.25, -0.2) is 9.37 Å². The molecule has 1 aromatic carbocycles. The van der Waals surface area contributed by atoms with Gasteiger partial charge in [0, 0.05) is 23.4 Å². The van der Waals surface area contributed by atoms with Crippen LogP contribution in [-0.4, -0.2) is 4.98 Å². The van der Waals surface area contributed by atoms with E-state index in [1.165, 1.54) is 6.07 Å². The van der Waals surface area contributed by atoms with Crippen LogP contribution in [0.1, 0.15) is 11.1 Å². The van der Waals surface area contributed by atoms with E-state index < -0.39 is 0 Å². The molecule has 0 unspecified atom stereocenters. The van der Waals surface area contributed by atoms with Gasteiger partial charge in [-0.15, -0.1) is 0 Å². The average molecular weight is 252 g/mol. The van der Waals surface area contributed by atoms with E-state index in [0.717, 1.165) is 5.56 Å². The lowest BCUT2D eigenvalue weighted by Crippen LogP contribution is -1.99. The Bertz CT molecular complexity index is 531. The molecule has 4 heteroatoms. The first-order valence-corrected chi connectivity index (χ1v) is 5.53. The fourth-order valence-corrected chi connectivity index (χ4v) is 1.56. The van der Waals surface area contributed by atoms with Gasteiger partial charge < -0.3 is 4.74 Å². The number of pyridine rings is 1. The zero-order valence-corrected chi connectivity index (χ0v) is 10.0. The van der Waals surface area contributed by atoms with E-state index in [9.17, 15) is 4.39 Å². The van der Waals surface area contributed by atoms with E-state index >= 15 is 0 Å². The molecule has 2 rings (SSSR count). The molecular weight excluding hydrogens is 241 g/mol. The molecule has 0 saturated carbocycles. The highest BCUT2D eigenvalue weighted by Gasteiger charge is 2.05. The average Bonchev–Trinajstić information content (AvgIpc) is 2.32. The van der Waals surface area contributed by atoms with Crippen molar-refractivity contribution in [3.63, 3.8) is 0 Å². The third kappa shape index (κ3) is 2.94. The number of aryl methyl sites for hydroxylation is 1. The molecule has 0 aliphatic heterocycles. The maximum absolute atomic E-state index is 13.4. The number of hydrogen-bond donors (Lipinski definition) is 0. The monoisotopic (exact) mass is 251 g/mol. The van der Waals surface area contributed by atoms with Crippen molar-refractivity contribution in [2.24, 2.45) is 0 Å². The molecule has 0 aliphatic carbocycles. The Morgan fingerprint density at radius 2 is 2.12 bits per heavy atom. The predicted molar refractivity (Wildman–Crippen MR) is 64.7 cm³/mol. The number of benzene rings is 1. The Morgan fingerprint density at radius 3 is 2.88 bits per heavy atom. The van der Waals surface area contributed by atoms with E-state index in [4.69, 9.17) is 16.3 Å². The summed E-state index contributed by atoms with van der Waals surface area (Å²) in [6, 6.07) is 8.14. The van der Waals surface area contributed by atoms with Gasteiger partial charge in [-0.2, -0.15) is 0 Å². The van der Waals surface area contributed by atoms with Crippen LogP contribution in [0.5, 0.6) is 5.75 Å².